The van der Waals surface area contributed by atoms with Crippen LogP contribution in [0.25, 0.3) is 6.08 Å². The fourth-order valence-corrected chi connectivity index (χ4v) is 2.00. The third-order valence-corrected chi connectivity index (χ3v) is 3.47. The van der Waals surface area contributed by atoms with E-state index in [2.05, 4.69) is 27.9 Å². The molecule has 0 spiro atoms. The first-order valence-electron chi connectivity index (χ1n) is 5.95. The smallest absolute Gasteiger partial charge is 0.185 e. The first kappa shape index (κ1) is 13.8. The lowest BCUT2D eigenvalue weighted by atomic mass is 10.1. The molecule has 0 saturated carbocycles. The second-order valence-electron chi connectivity index (χ2n) is 4.08. The Balaban J connectivity index is 2.08. The highest BCUT2D eigenvalue weighted by atomic mass is 125. The molecule has 0 aliphatic heterocycles. The minimum absolute atomic E-state index is 0.0223. The Morgan fingerprint density at radius 1 is 1.05 bits per heavy atom. The molecule has 0 atom stereocenters. The van der Waals surface area contributed by atoms with Crippen LogP contribution in [-0.2, 0) is 0 Å². The quantitative estimate of drug-likeness (QED) is 0.502. The van der Waals surface area contributed by atoms with Crippen molar-refractivity contribution in [2.75, 3.05) is 12.4 Å². The molecule has 0 bridgehead atoms. The summed E-state index contributed by atoms with van der Waals surface area (Å²) in [6.45, 7) is 0. The minimum atomic E-state index is 0.0223. The molecule has 0 heterocycles. The summed E-state index contributed by atoms with van der Waals surface area (Å²) in [5.41, 5.74) is 2.78. The van der Waals surface area contributed by atoms with E-state index in [0.29, 0.717) is 5.56 Å². The molecule has 0 saturated heterocycles. The van der Waals surface area contributed by atoms with Gasteiger partial charge in [0.2, 0.25) is 0 Å². The largest absolute Gasteiger partial charge is 0.388 e. The molecule has 0 unspecified atom stereocenters. The van der Waals surface area contributed by atoms with Crippen molar-refractivity contribution in [2.45, 2.75) is 0 Å². The number of nitrogens with one attached hydrogen (secondary N) is 1. The molecule has 96 valence electrons. The third kappa shape index (κ3) is 3.92. The van der Waals surface area contributed by atoms with E-state index in [1.807, 2.05) is 61.7 Å². The number of halogens is 1. The highest BCUT2D eigenvalue weighted by molar-refractivity contribution is 14.1. The van der Waals surface area contributed by atoms with E-state index in [4.69, 9.17) is 0 Å². The van der Waals surface area contributed by atoms with E-state index in [9.17, 15) is 4.79 Å². The maximum absolute atomic E-state index is 12.0. The first-order chi connectivity index (χ1) is 9.19. The molecule has 2 aromatic rings. The molecular weight excluding hydrogens is 347 g/mol. The molecule has 0 radical (unpaired) electrons. The van der Waals surface area contributed by atoms with Gasteiger partial charge in [-0.15, -0.1) is 0 Å². The van der Waals surface area contributed by atoms with Crippen LogP contribution in [-0.4, -0.2) is 12.8 Å². The number of benzene rings is 2. The standard InChI is InChI=1S/C16H14INO/c1-18-15-9-2-12(3-10-15)4-11-16(19)13-5-7-14(17)8-6-13/h2-11,18H,1H3/b11-4+/i17-2. The van der Waals surface area contributed by atoms with Crippen molar-refractivity contribution in [2.24, 2.45) is 0 Å². The van der Waals surface area contributed by atoms with Gasteiger partial charge in [-0.3, -0.25) is 4.79 Å². The number of hydrogen-bond donors (Lipinski definition) is 1. The number of anilines is 1. The molecule has 3 heteroatoms. The monoisotopic (exact) mass is 361 g/mol. The average Bonchev–Trinajstić information content (AvgIpc) is 2.46. The van der Waals surface area contributed by atoms with E-state index < -0.39 is 0 Å². The van der Waals surface area contributed by atoms with E-state index in [0.717, 1.165) is 14.8 Å². The van der Waals surface area contributed by atoms with Crippen molar-refractivity contribution in [3.8, 4) is 0 Å². The second kappa shape index (κ2) is 6.52. The van der Waals surface area contributed by atoms with E-state index in [1.165, 1.54) is 0 Å². The molecule has 0 aliphatic rings. The van der Waals surface area contributed by atoms with Crippen LogP contribution in [0.3, 0.4) is 0 Å². The normalized spacial score (nSPS) is 10.6. The minimum Gasteiger partial charge on any atom is -0.388 e. The van der Waals surface area contributed by atoms with Gasteiger partial charge >= 0.3 is 0 Å². The third-order valence-electron chi connectivity index (χ3n) is 2.76. The van der Waals surface area contributed by atoms with Gasteiger partial charge in [-0.2, -0.15) is 0 Å². The lowest BCUT2D eigenvalue weighted by Gasteiger charge is -1.99. The summed E-state index contributed by atoms with van der Waals surface area (Å²) in [5.74, 6) is 0.0223. The number of allylic oxidation sites excluding steroid dienone is 1. The van der Waals surface area contributed by atoms with Crippen molar-refractivity contribution in [3.05, 3.63) is 69.3 Å². The second-order valence-corrected chi connectivity index (χ2v) is 5.32. The lowest BCUT2D eigenvalue weighted by Crippen LogP contribution is -1.93. The first-order valence-corrected chi connectivity index (χ1v) is 7.03. The number of rotatable bonds is 4. The maximum Gasteiger partial charge on any atom is 0.185 e. The Kier molecular flexibility index (Phi) is 4.74. The van der Waals surface area contributed by atoms with E-state index >= 15 is 0 Å². The Bertz CT molecular complexity index is 585. The van der Waals surface area contributed by atoms with Gasteiger partial charge < -0.3 is 5.32 Å². The number of ketones is 1. The van der Waals surface area contributed by atoms with Gasteiger partial charge in [0.1, 0.15) is 0 Å². The van der Waals surface area contributed by atoms with Gasteiger partial charge in [0, 0.05) is 21.9 Å². The molecule has 2 nitrogen and oxygen atoms in total. The van der Waals surface area contributed by atoms with Crippen LogP contribution in [0.5, 0.6) is 0 Å². The van der Waals surface area contributed by atoms with Crippen LogP contribution in [0.1, 0.15) is 15.9 Å². The summed E-state index contributed by atoms with van der Waals surface area (Å²) in [5, 5.41) is 3.06. The predicted octanol–water partition coefficient (Wildman–Crippen LogP) is 4.23. The van der Waals surface area contributed by atoms with Crippen molar-refractivity contribution < 1.29 is 4.79 Å². The van der Waals surface area contributed by atoms with Gasteiger partial charge in [0.25, 0.3) is 0 Å². The average molecular weight is 361 g/mol. The molecule has 0 aliphatic carbocycles. The highest BCUT2D eigenvalue weighted by Gasteiger charge is 2.00. The summed E-state index contributed by atoms with van der Waals surface area (Å²) in [4.78, 5) is 12.0. The fraction of sp³-hybridized carbons (Fsp3) is 0.0625. The number of carbonyl (C=O) groups excluding carboxylic acids is 1. The molecule has 0 aromatic heterocycles. The molecule has 0 amide bonds. The van der Waals surface area contributed by atoms with Crippen molar-refractivity contribution in [1.82, 2.24) is 0 Å². The maximum atomic E-state index is 12.0. The van der Waals surface area contributed by atoms with E-state index in [-0.39, 0.29) is 5.78 Å². The van der Waals surface area contributed by atoms with Crippen LogP contribution in [0, 0.1) is 3.57 Å². The van der Waals surface area contributed by atoms with Crippen molar-refractivity contribution in [3.63, 3.8) is 0 Å². The Labute approximate surface area is 126 Å². The molecule has 2 rings (SSSR count). The summed E-state index contributed by atoms with van der Waals surface area (Å²) >= 11 is 2.22. The van der Waals surface area contributed by atoms with Gasteiger partial charge in [0.05, 0.1) is 0 Å². The molecule has 1 N–H and O–H groups in total. The number of hydrogen-bond acceptors (Lipinski definition) is 2. The highest BCUT2D eigenvalue weighted by Crippen LogP contribution is 2.11. The molecule has 2 aromatic carbocycles. The summed E-state index contributed by atoms with van der Waals surface area (Å²) in [6.07, 6.45) is 3.44. The summed E-state index contributed by atoms with van der Waals surface area (Å²) in [7, 11) is 1.88. The predicted molar refractivity (Wildman–Crippen MR) is 88.5 cm³/mol. The van der Waals surface area contributed by atoms with Crippen molar-refractivity contribution >= 4 is 40.1 Å². The number of carbonyl (C=O) groups is 1. The van der Waals surface area contributed by atoms with Crippen LogP contribution in [0.15, 0.2) is 54.6 Å². The zero-order valence-corrected chi connectivity index (χ0v) is 12.7. The van der Waals surface area contributed by atoms with Crippen molar-refractivity contribution in [1.29, 1.82) is 0 Å². The van der Waals surface area contributed by atoms with Gasteiger partial charge in [-0.05, 0) is 58.5 Å². The SMILES string of the molecule is CNc1ccc(/C=C/C(=O)c2ccc([125I])cc2)cc1. The van der Waals surface area contributed by atoms with Gasteiger partial charge in [-0.1, -0.05) is 30.3 Å². The summed E-state index contributed by atoms with van der Waals surface area (Å²) < 4.78 is 1.13. The van der Waals surface area contributed by atoms with Crippen LogP contribution in [0.2, 0.25) is 0 Å². The molecular formula is C16H14INO. The fourth-order valence-electron chi connectivity index (χ4n) is 1.64. The zero-order chi connectivity index (χ0) is 13.7. The lowest BCUT2D eigenvalue weighted by molar-refractivity contribution is 0.104. The van der Waals surface area contributed by atoms with Crippen LogP contribution >= 0.6 is 22.6 Å². The molecule has 19 heavy (non-hydrogen) atoms. The Morgan fingerprint density at radius 3 is 2.26 bits per heavy atom. The molecule has 0 fully saturated rings. The zero-order valence-electron chi connectivity index (χ0n) is 10.6. The van der Waals surface area contributed by atoms with E-state index in [1.54, 1.807) is 6.08 Å². The Morgan fingerprint density at radius 2 is 1.68 bits per heavy atom. The summed E-state index contributed by atoms with van der Waals surface area (Å²) in [6, 6.07) is 15.5. The topological polar surface area (TPSA) is 29.1 Å². The van der Waals surface area contributed by atoms with Crippen LogP contribution in [0.4, 0.5) is 5.69 Å². The Hall–Kier alpha value is -1.62. The van der Waals surface area contributed by atoms with Crippen LogP contribution < -0.4 is 5.32 Å². The van der Waals surface area contributed by atoms with Gasteiger partial charge in [0.15, 0.2) is 5.78 Å². The van der Waals surface area contributed by atoms with Gasteiger partial charge in [-0.25, -0.2) is 0 Å².